The second-order valence-corrected chi connectivity index (χ2v) is 5.23. The van der Waals surface area contributed by atoms with Gasteiger partial charge in [-0.2, -0.15) is 0 Å². The van der Waals surface area contributed by atoms with Crippen molar-refractivity contribution in [3.63, 3.8) is 0 Å². The minimum Gasteiger partial charge on any atom is -0.481 e. The summed E-state index contributed by atoms with van der Waals surface area (Å²) < 4.78 is 5.21. The SMILES string of the molecule is CC1C=C2CC(C1)CC(OC(=O)CC(=O)O)C2. The van der Waals surface area contributed by atoms with Gasteiger partial charge >= 0.3 is 11.9 Å². The Labute approximate surface area is 101 Å². The zero-order valence-electron chi connectivity index (χ0n) is 10.0. The van der Waals surface area contributed by atoms with Gasteiger partial charge in [0.05, 0.1) is 0 Å². The molecule has 17 heavy (non-hydrogen) atoms. The number of esters is 1. The number of carbonyl (C=O) groups excluding carboxylic acids is 1. The van der Waals surface area contributed by atoms with Crippen LogP contribution in [0.3, 0.4) is 0 Å². The summed E-state index contributed by atoms with van der Waals surface area (Å²) in [7, 11) is 0. The highest BCUT2D eigenvalue weighted by molar-refractivity contribution is 5.90. The Bertz CT molecular complexity index is 358. The van der Waals surface area contributed by atoms with Crippen molar-refractivity contribution in [1.82, 2.24) is 0 Å². The van der Waals surface area contributed by atoms with E-state index in [1.165, 1.54) is 5.57 Å². The van der Waals surface area contributed by atoms with Gasteiger partial charge in [-0.3, -0.25) is 9.59 Å². The summed E-state index contributed by atoms with van der Waals surface area (Å²) in [6.07, 6.45) is 5.57. The van der Waals surface area contributed by atoms with E-state index in [-0.39, 0.29) is 6.10 Å². The molecule has 4 nitrogen and oxygen atoms in total. The predicted molar refractivity (Wildman–Crippen MR) is 61.3 cm³/mol. The Morgan fingerprint density at radius 2 is 2.18 bits per heavy atom. The molecule has 2 bridgehead atoms. The number of hydrogen-bond acceptors (Lipinski definition) is 3. The number of ether oxygens (including phenoxy) is 1. The van der Waals surface area contributed by atoms with Crippen LogP contribution in [0.2, 0.25) is 0 Å². The molecule has 0 radical (unpaired) electrons. The first kappa shape index (κ1) is 12.1. The lowest BCUT2D eigenvalue weighted by atomic mass is 9.74. The van der Waals surface area contributed by atoms with Crippen molar-refractivity contribution in [3.05, 3.63) is 11.6 Å². The summed E-state index contributed by atoms with van der Waals surface area (Å²) in [6.45, 7) is 2.21. The molecule has 0 aromatic heterocycles. The molecule has 94 valence electrons. The van der Waals surface area contributed by atoms with Crippen molar-refractivity contribution in [1.29, 1.82) is 0 Å². The van der Waals surface area contributed by atoms with Crippen molar-refractivity contribution in [2.24, 2.45) is 11.8 Å². The minimum atomic E-state index is -1.13. The summed E-state index contributed by atoms with van der Waals surface area (Å²) in [5.41, 5.74) is 1.37. The highest BCUT2D eigenvalue weighted by atomic mass is 16.5. The van der Waals surface area contributed by atoms with Gasteiger partial charge in [0.2, 0.25) is 0 Å². The van der Waals surface area contributed by atoms with Crippen LogP contribution >= 0.6 is 0 Å². The molecule has 1 saturated carbocycles. The van der Waals surface area contributed by atoms with Gasteiger partial charge in [-0.15, -0.1) is 0 Å². The molecule has 0 aromatic rings. The zero-order valence-corrected chi connectivity index (χ0v) is 10.0. The van der Waals surface area contributed by atoms with Crippen LogP contribution in [0.15, 0.2) is 11.6 Å². The van der Waals surface area contributed by atoms with Crippen molar-refractivity contribution in [3.8, 4) is 0 Å². The maximum Gasteiger partial charge on any atom is 0.317 e. The van der Waals surface area contributed by atoms with Crippen molar-refractivity contribution >= 4 is 11.9 Å². The Morgan fingerprint density at radius 3 is 2.82 bits per heavy atom. The number of hydrogen-bond donors (Lipinski definition) is 1. The monoisotopic (exact) mass is 238 g/mol. The lowest BCUT2D eigenvalue weighted by Crippen LogP contribution is -2.30. The van der Waals surface area contributed by atoms with Crippen molar-refractivity contribution in [2.75, 3.05) is 0 Å². The summed E-state index contributed by atoms with van der Waals surface area (Å²) in [5, 5.41) is 8.50. The third-order valence-electron chi connectivity index (χ3n) is 3.46. The number of rotatable bonds is 3. The number of carbonyl (C=O) groups is 2. The van der Waals surface area contributed by atoms with E-state index in [1.807, 2.05) is 0 Å². The average Bonchev–Trinajstić information content (AvgIpc) is 2.12. The molecule has 1 N–H and O–H groups in total. The molecule has 2 aliphatic carbocycles. The van der Waals surface area contributed by atoms with E-state index in [2.05, 4.69) is 13.0 Å². The van der Waals surface area contributed by atoms with Gasteiger partial charge in [0, 0.05) is 6.42 Å². The molecular formula is C13H18O4. The largest absolute Gasteiger partial charge is 0.481 e. The predicted octanol–water partition coefficient (Wildman–Crippen LogP) is 2.14. The number of fused-ring (bicyclic) bond motifs is 2. The minimum absolute atomic E-state index is 0.112. The smallest absolute Gasteiger partial charge is 0.317 e. The van der Waals surface area contributed by atoms with Gasteiger partial charge in [0.1, 0.15) is 12.5 Å². The summed E-state index contributed by atoms with van der Waals surface area (Å²) in [5.74, 6) is -0.518. The van der Waals surface area contributed by atoms with Crippen LogP contribution in [0.25, 0.3) is 0 Å². The first-order valence-corrected chi connectivity index (χ1v) is 6.13. The Morgan fingerprint density at radius 1 is 1.41 bits per heavy atom. The Balaban J connectivity index is 1.90. The highest BCUT2D eigenvalue weighted by Gasteiger charge is 2.31. The molecule has 0 heterocycles. The summed E-state index contributed by atoms with van der Waals surface area (Å²) >= 11 is 0. The lowest BCUT2D eigenvalue weighted by molar-refractivity contribution is -0.156. The van der Waals surface area contributed by atoms with Crippen LogP contribution in [0.4, 0.5) is 0 Å². The molecule has 0 amide bonds. The normalized spacial score (nSPS) is 31.6. The highest BCUT2D eigenvalue weighted by Crippen LogP contribution is 2.39. The van der Waals surface area contributed by atoms with Crippen LogP contribution in [-0.2, 0) is 14.3 Å². The van der Waals surface area contributed by atoms with Crippen LogP contribution < -0.4 is 0 Å². The molecule has 0 aromatic carbocycles. The summed E-state index contributed by atoms with van der Waals surface area (Å²) in [6, 6.07) is 0. The summed E-state index contributed by atoms with van der Waals surface area (Å²) in [4.78, 5) is 21.7. The van der Waals surface area contributed by atoms with Crippen LogP contribution in [0, 0.1) is 11.8 Å². The van der Waals surface area contributed by atoms with Crippen LogP contribution in [0.5, 0.6) is 0 Å². The van der Waals surface area contributed by atoms with E-state index in [1.54, 1.807) is 0 Å². The fourth-order valence-corrected chi connectivity index (χ4v) is 3.04. The van der Waals surface area contributed by atoms with Crippen LogP contribution in [0.1, 0.15) is 39.0 Å². The molecular weight excluding hydrogens is 220 g/mol. The topological polar surface area (TPSA) is 63.6 Å². The third-order valence-corrected chi connectivity index (χ3v) is 3.46. The number of aliphatic carboxylic acids is 1. The first-order chi connectivity index (χ1) is 8.02. The molecule has 2 rings (SSSR count). The molecule has 2 aliphatic rings. The van der Waals surface area contributed by atoms with Gasteiger partial charge in [-0.05, 0) is 31.1 Å². The standard InChI is InChI=1S/C13H18O4/c1-8-2-9-4-10(3-8)6-11(5-9)17-13(16)7-12(14)15/h2,8,10-11H,3-7H2,1H3,(H,14,15). The van der Waals surface area contributed by atoms with Crippen molar-refractivity contribution in [2.45, 2.75) is 45.1 Å². The van der Waals surface area contributed by atoms with Gasteiger partial charge in [-0.1, -0.05) is 18.6 Å². The Kier molecular flexibility index (Phi) is 3.50. The maximum atomic E-state index is 11.3. The van der Waals surface area contributed by atoms with Gasteiger partial charge in [0.15, 0.2) is 0 Å². The maximum absolute atomic E-state index is 11.3. The first-order valence-electron chi connectivity index (χ1n) is 6.13. The number of allylic oxidation sites excluding steroid dienone is 1. The van der Waals surface area contributed by atoms with E-state index >= 15 is 0 Å². The average molecular weight is 238 g/mol. The molecule has 3 unspecified atom stereocenters. The number of carboxylic acids is 1. The molecule has 4 heteroatoms. The van der Waals surface area contributed by atoms with E-state index in [4.69, 9.17) is 9.84 Å². The van der Waals surface area contributed by atoms with E-state index < -0.39 is 18.4 Å². The second kappa shape index (κ2) is 4.90. The second-order valence-electron chi connectivity index (χ2n) is 5.23. The van der Waals surface area contributed by atoms with E-state index in [0.717, 1.165) is 25.7 Å². The van der Waals surface area contributed by atoms with E-state index in [9.17, 15) is 9.59 Å². The van der Waals surface area contributed by atoms with E-state index in [0.29, 0.717) is 11.8 Å². The third kappa shape index (κ3) is 3.32. The van der Waals surface area contributed by atoms with Crippen LogP contribution in [-0.4, -0.2) is 23.1 Å². The van der Waals surface area contributed by atoms with Crippen molar-refractivity contribution < 1.29 is 19.4 Å². The zero-order chi connectivity index (χ0) is 12.4. The fourth-order valence-electron chi connectivity index (χ4n) is 3.04. The molecule has 0 spiro atoms. The number of carboxylic acid groups (broad SMARTS) is 1. The fraction of sp³-hybridized carbons (Fsp3) is 0.692. The molecule has 3 atom stereocenters. The lowest BCUT2D eigenvalue weighted by Gasteiger charge is -2.35. The molecule has 0 saturated heterocycles. The van der Waals surface area contributed by atoms with Gasteiger partial charge < -0.3 is 9.84 Å². The van der Waals surface area contributed by atoms with Gasteiger partial charge in [0.25, 0.3) is 0 Å². The quantitative estimate of drug-likeness (QED) is 0.465. The Hall–Kier alpha value is -1.32. The van der Waals surface area contributed by atoms with Gasteiger partial charge in [-0.25, -0.2) is 0 Å². The molecule has 1 fully saturated rings. The molecule has 0 aliphatic heterocycles.